The van der Waals surface area contributed by atoms with Crippen LogP contribution in [0.3, 0.4) is 0 Å². The maximum Gasteiger partial charge on any atom is 0.273 e. The molecule has 0 aliphatic carbocycles. The number of carbonyl (C=O) groups is 1. The molecule has 1 heterocycles. The van der Waals surface area contributed by atoms with Crippen molar-refractivity contribution in [2.45, 2.75) is 19.9 Å². The van der Waals surface area contributed by atoms with E-state index in [1.165, 1.54) is 5.56 Å². The van der Waals surface area contributed by atoms with Crippen molar-refractivity contribution in [2.75, 3.05) is 27.2 Å². The molecule has 0 bridgehead atoms. The molecule has 0 fully saturated rings. The van der Waals surface area contributed by atoms with Crippen LogP contribution in [0.4, 0.5) is 0 Å². The fourth-order valence-electron chi connectivity index (χ4n) is 3.07. The van der Waals surface area contributed by atoms with Crippen molar-refractivity contribution in [1.29, 1.82) is 0 Å². The van der Waals surface area contributed by atoms with Crippen LogP contribution in [0.5, 0.6) is 5.75 Å². The quantitative estimate of drug-likeness (QED) is 0.625. The molecule has 0 aliphatic heterocycles. The second kappa shape index (κ2) is 9.39. The molecular formula is C23H27N3O3. The molecule has 1 atom stereocenters. The van der Waals surface area contributed by atoms with Gasteiger partial charge in [0.2, 0.25) is 0 Å². The second-order valence-electron chi connectivity index (χ2n) is 7.13. The van der Waals surface area contributed by atoms with Crippen LogP contribution in [0.15, 0.2) is 59.1 Å². The first-order valence-corrected chi connectivity index (χ1v) is 9.69. The van der Waals surface area contributed by atoms with E-state index in [2.05, 4.69) is 46.6 Å². The summed E-state index contributed by atoms with van der Waals surface area (Å²) in [5, 5.41) is 6.89. The Labute approximate surface area is 171 Å². The summed E-state index contributed by atoms with van der Waals surface area (Å²) in [6.07, 6.45) is 0. The summed E-state index contributed by atoms with van der Waals surface area (Å²) in [7, 11) is 3.99. The molecule has 0 unspecified atom stereocenters. The molecule has 0 radical (unpaired) electrons. The summed E-state index contributed by atoms with van der Waals surface area (Å²) in [5.74, 6) is 1.07. The second-order valence-corrected chi connectivity index (χ2v) is 7.13. The molecule has 152 valence electrons. The van der Waals surface area contributed by atoms with E-state index in [1.807, 2.05) is 45.3 Å². The minimum atomic E-state index is -0.259. The number of benzene rings is 2. The van der Waals surface area contributed by atoms with Crippen LogP contribution < -0.4 is 10.1 Å². The summed E-state index contributed by atoms with van der Waals surface area (Å²) in [5.41, 5.74) is 3.46. The molecule has 0 spiro atoms. The Morgan fingerprint density at radius 1 is 1.14 bits per heavy atom. The molecule has 0 saturated heterocycles. The van der Waals surface area contributed by atoms with Crippen LogP contribution in [0.25, 0.3) is 11.3 Å². The van der Waals surface area contributed by atoms with Crippen LogP contribution in [0.1, 0.15) is 34.6 Å². The number of aryl methyl sites for hydroxylation is 1. The van der Waals surface area contributed by atoms with Gasteiger partial charge in [-0.3, -0.25) is 4.79 Å². The SMILES string of the molecule is CCOc1ccc(-c2cc(C(=O)NC[C@H](c3ccc(C)cc3)N(C)C)no2)cc1. The van der Waals surface area contributed by atoms with E-state index >= 15 is 0 Å². The number of ether oxygens (including phenoxy) is 1. The largest absolute Gasteiger partial charge is 0.494 e. The number of amides is 1. The van der Waals surface area contributed by atoms with Crippen LogP contribution in [0, 0.1) is 6.92 Å². The third-order valence-electron chi connectivity index (χ3n) is 4.73. The van der Waals surface area contributed by atoms with E-state index in [9.17, 15) is 4.79 Å². The zero-order valence-corrected chi connectivity index (χ0v) is 17.3. The van der Waals surface area contributed by atoms with Gasteiger partial charge in [0.1, 0.15) is 5.75 Å². The van der Waals surface area contributed by atoms with Gasteiger partial charge < -0.3 is 19.5 Å². The van der Waals surface area contributed by atoms with Gasteiger partial charge >= 0.3 is 0 Å². The molecule has 0 saturated carbocycles. The van der Waals surface area contributed by atoms with E-state index in [1.54, 1.807) is 6.07 Å². The van der Waals surface area contributed by atoms with Crippen molar-refractivity contribution >= 4 is 5.91 Å². The number of hydrogen-bond acceptors (Lipinski definition) is 5. The molecule has 1 amide bonds. The lowest BCUT2D eigenvalue weighted by atomic mass is 10.0. The lowest BCUT2D eigenvalue weighted by Gasteiger charge is -2.25. The van der Waals surface area contributed by atoms with E-state index in [4.69, 9.17) is 9.26 Å². The van der Waals surface area contributed by atoms with Gasteiger partial charge in [0.15, 0.2) is 11.5 Å². The van der Waals surface area contributed by atoms with E-state index in [0.717, 1.165) is 16.9 Å². The van der Waals surface area contributed by atoms with Gasteiger partial charge in [-0.25, -0.2) is 0 Å². The van der Waals surface area contributed by atoms with Crippen molar-refractivity contribution in [1.82, 2.24) is 15.4 Å². The molecule has 1 N–H and O–H groups in total. The molecule has 2 aromatic carbocycles. The first-order valence-electron chi connectivity index (χ1n) is 9.69. The van der Waals surface area contributed by atoms with Crippen molar-refractivity contribution in [3.8, 4) is 17.1 Å². The molecule has 3 rings (SSSR count). The van der Waals surface area contributed by atoms with Crippen LogP contribution >= 0.6 is 0 Å². The van der Waals surface area contributed by atoms with Crippen molar-refractivity contribution < 1.29 is 14.1 Å². The van der Waals surface area contributed by atoms with Crippen LogP contribution in [-0.2, 0) is 0 Å². The standard InChI is InChI=1S/C23H27N3O3/c1-5-28-19-12-10-18(11-13-19)22-14-20(25-29-22)23(27)24-15-21(26(3)4)17-8-6-16(2)7-9-17/h6-14,21H,5,15H2,1-4H3,(H,24,27)/t21-/m1/s1. The van der Waals surface area contributed by atoms with Gasteiger partial charge in [-0.1, -0.05) is 35.0 Å². The number of likely N-dealkylation sites (N-methyl/N-ethyl adjacent to an activating group) is 1. The Morgan fingerprint density at radius 2 is 1.83 bits per heavy atom. The molecular weight excluding hydrogens is 366 g/mol. The third kappa shape index (κ3) is 5.23. The molecule has 6 heteroatoms. The van der Waals surface area contributed by atoms with E-state index < -0.39 is 0 Å². The first-order chi connectivity index (χ1) is 14.0. The molecule has 3 aromatic rings. The highest BCUT2D eigenvalue weighted by molar-refractivity contribution is 5.93. The first kappa shape index (κ1) is 20.6. The topological polar surface area (TPSA) is 67.6 Å². The summed E-state index contributed by atoms with van der Waals surface area (Å²) in [6.45, 7) is 5.08. The van der Waals surface area contributed by atoms with Gasteiger partial charge in [-0.2, -0.15) is 0 Å². The summed E-state index contributed by atoms with van der Waals surface area (Å²) < 4.78 is 10.8. The Hall–Kier alpha value is -3.12. The van der Waals surface area contributed by atoms with Crippen molar-refractivity contribution in [3.05, 3.63) is 71.4 Å². The fraction of sp³-hybridized carbons (Fsp3) is 0.304. The molecule has 1 aromatic heterocycles. The van der Waals surface area contributed by atoms with Gasteiger partial charge in [0.25, 0.3) is 5.91 Å². The minimum Gasteiger partial charge on any atom is -0.494 e. The van der Waals surface area contributed by atoms with Gasteiger partial charge in [0.05, 0.1) is 12.6 Å². The highest BCUT2D eigenvalue weighted by atomic mass is 16.5. The summed E-state index contributed by atoms with van der Waals surface area (Å²) >= 11 is 0. The predicted octanol–water partition coefficient (Wildman–Crippen LogP) is 4.08. The number of nitrogens with zero attached hydrogens (tertiary/aromatic N) is 2. The zero-order chi connectivity index (χ0) is 20.8. The lowest BCUT2D eigenvalue weighted by Crippen LogP contribution is -2.34. The number of hydrogen-bond donors (Lipinski definition) is 1. The van der Waals surface area contributed by atoms with Gasteiger partial charge in [-0.15, -0.1) is 0 Å². The average molecular weight is 393 g/mol. The normalized spacial score (nSPS) is 12.0. The maximum atomic E-state index is 12.6. The molecule has 29 heavy (non-hydrogen) atoms. The minimum absolute atomic E-state index is 0.0667. The smallest absolute Gasteiger partial charge is 0.273 e. The van der Waals surface area contributed by atoms with Crippen LogP contribution in [0.2, 0.25) is 0 Å². The summed E-state index contributed by atoms with van der Waals surface area (Å²) in [4.78, 5) is 14.7. The highest BCUT2D eigenvalue weighted by Crippen LogP contribution is 2.23. The van der Waals surface area contributed by atoms with Crippen LogP contribution in [-0.4, -0.2) is 43.2 Å². The molecule has 6 nitrogen and oxygen atoms in total. The lowest BCUT2D eigenvalue weighted by molar-refractivity contribution is 0.0933. The number of nitrogens with one attached hydrogen (secondary N) is 1. The van der Waals surface area contributed by atoms with Crippen molar-refractivity contribution in [3.63, 3.8) is 0 Å². The van der Waals surface area contributed by atoms with E-state index in [0.29, 0.717) is 18.9 Å². The Bertz CT molecular complexity index is 931. The number of rotatable bonds is 8. The average Bonchev–Trinajstić information content (AvgIpc) is 3.20. The fourth-order valence-corrected chi connectivity index (χ4v) is 3.07. The molecule has 0 aliphatic rings. The summed E-state index contributed by atoms with van der Waals surface area (Å²) in [6, 6.07) is 17.5. The monoisotopic (exact) mass is 393 g/mol. The zero-order valence-electron chi connectivity index (χ0n) is 17.3. The predicted molar refractivity (Wildman–Crippen MR) is 113 cm³/mol. The van der Waals surface area contributed by atoms with Gasteiger partial charge in [0, 0.05) is 18.2 Å². The Kier molecular flexibility index (Phi) is 6.67. The highest BCUT2D eigenvalue weighted by Gasteiger charge is 2.18. The van der Waals surface area contributed by atoms with E-state index in [-0.39, 0.29) is 17.6 Å². The number of carbonyl (C=O) groups excluding carboxylic acids is 1. The Balaban J connectivity index is 1.65. The Morgan fingerprint density at radius 3 is 2.45 bits per heavy atom. The number of aromatic nitrogens is 1. The van der Waals surface area contributed by atoms with Gasteiger partial charge in [-0.05, 0) is 57.8 Å². The third-order valence-corrected chi connectivity index (χ3v) is 4.73. The maximum absolute atomic E-state index is 12.6. The van der Waals surface area contributed by atoms with Crippen molar-refractivity contribution in [2.24, 2.45) is 0 Å².